The van der Waals surface area contributed by atoms with Gasteiger partial charge in [-0.15, -0.1) is 0 Å². The minimum absolute atomic E-state index is 0.0548. The highest BCUT2D eigenvalue weighted by molar-refractivity contribution is 5.58. The average Bonchev–Trinajstić information content (AvgIpc) is 2.71. The van der Waals surface area contributed by atoms with E-state index in [1.54, 1.807) is 6.07 Å². The van der Waals surface area contributed by atoms with Gasteiger partial charge in [0.15, 0.2) is 5.82 Å². The Morgan fingerprint density at radius 1 is 1.43 bits per heavy atom. The van der Waals surface area contributed by atoms with Crippen molar-refractivity contribution >= 4 is 0 Å². The minimum atomic E-state index is -0.489. The zero-order valence-corrected chi connectivity index (χ0v) is 7.27. The van der Waals surface area contributed by atoms with Crippen LogP contribution in [0, 0.1) is 5.82 Å². The van der Waals surface area contributed by atoms with E-state index in [9.17, 15) is 4.39 Å². The molecular formula is C9H8FN3O. The van der Waals surface area contributed by atoms with E-state index in [1.165, 1.54) is 18.9 Å². The highest BCUT2D eigenvalue weighted by atomic mass is 19.1. The summed E-state index contributed by atoms with van der Waals surface area (Å²) in [5.41, 5.74) is 6.32. The summed E-state index contributed by atoms with van der Waals surface area (Å²) in [6, 6.07) is 1.63. The number of nitrogens with two attached hydrogens (primary N) is 1. The molecule has 0 radical (unpaired) electrons. The van der Waals surface area contributed by atoms with Crippen molar-refractivity contribution in [2.75, 3.05) is 0 Å². The van der Waals surface area contributed by atoms with E-state index in [0.29, 0.717) is 5.56 Å². The zero-order valence-electron chi connectivity index (χ0n) is 7.27. The smallest absolute Gasteiger partial charge is 0.172 e. The van der Waals surface area contributed by atoms with Crippen LogP contribution in [-0.4, -0.2) is 9.97 Å². The molecule has 0 aliphatic heterocycles. The van der Waals surface area contributed by atoms with E-state index in [1.807, 2.05) is 0 Å². The number of aromatic nitrogens is 2. The van der Waals surface area contributed by atoms with Gasteiger partial charge in [0.25, 0.3) is 0 Å². The van der Waals surface area contributed by atoms with E-state index in [0.717, 1.165) is 0 Å². The maximum atomic E-state index is 13.6. The lowest BCUT2D eigenvalue weighted by atomic mass is 10.2. The second kappa shape index (κ2) is 3.55. The lowest BCUT2D eigenvalue weighted by Gasteiger charge is -2.01. The van der Waals surface area contributed by atoms with Gasteiger partial charge in [0.2, 0.25) is 0 Å². The van der Waals surface area contributed by atoms with Gasteiger partial charge in [0.05, 0.1) is 18.2 Å². The summed E-state index contributed by atoms with van der Waals surface area (Å²) >= 11 is 0. The molecule has 0 bridgehead atoms. The van der Waals surface area contributed by atoms with Crippen molar-refractivity contribution in [1.82, 2.24) is 9.97 Å². The molecule has 2 rings (SSSR count). The van der Waals surface area contributed by atoms with Crippen molar-refractivity contribution < 1.29 is 8.81 Å². The number of furan rings is 1. The molecule has 0 fully saturated rings. The van der Waals surface area contributed by atoms with E-state index in [4.69, 9.17) is 10.2 Å². The molecule has 2 aromatic rings. The van der Waals surface area contributed by atoms with Crippen molar-refractivity contribution in [1.29, 1.82) is 0 Å². The summed E-state index contributed by atoms with van der Waals surface area (Å²) < 4.78 is 18.4. The second-order valence-corrected chi connectivity index (χ2v) is 2.70. The van der Waals surface area contributed by atoms with Crippen LogP contribution in [0.15, 0.2) is 29.3 Å². The van der Waals surface area contributed by atoms with Gasteiger partial charge in [-0.1, -0.05) is 0 Å². The molecule has 14 heavy (non-hydrogen) atoms. The summed E-state index contributed by atoms with van der Waals surface area (Å²) in [5.74, 6) is -0.489. The monoisotopic (exact) mass is 193 g/mol. The van der Waals surface area contributed by atoms with Crippen molar-refractivity contribution in [3.8, 4) is 11.3 Å². The summed E-state index contributed by atoms with van der Waals surface area (Å²) in [6.45, 7) is 0.0548. The third-order valence-corrected chi connectivity index (χ3v) is 1.85. The summed E-state index contributed by atoms with van der Waals surface area (Å²) in [7, 11) is 0. The van der Waals surface area contributed by atoms with Crippen LogP contribution in [-0.2, 0) is 6.54 Å². The predicted molar refractivity (Wildman–Crippen MR) is 47.6 cm³/mol. The third kappa shape index (κ3) is 1.38. The number of hydrogen-bond acceptors (Lipinski definition) is 4. The van der Waals surface area contributed by atoms with Crippen molar-refractivity contribution in [2.45, 2.75) is 6.54 Å². The van der Waals surface area contributed by atoms with Crippen molar-refractivity contribution in [2.24, 2.45) is 5.73 Å². The zero-order chi connectivity index (χ0) is 9.97. The quantitative estimate of drug-likeness (QED) is 0.781. The molecule has 5 heteroatoms. The molecule has 72 valence electrons. The maximum absolute atomic E-state index is 13.6. The average molecular weight is 193 g/mol. The topological polar surface area (TPSA) is 64.9 Å². The van der Waals surface area contributed by atoms with Crippen LogP contribution < -0.4 is 5.73 Å². The molecule has 0 saturated heterocycles. The van der Waals surface area contributed by atoms with Gasteiger partial charge in [-0.2, -0.15) is 0 Å². The van der Waals surface area contributed by atoms with Crippen LogP contribution in [0.2, 0.25) is 0 Å². The summed E-state index contributed by atoms with van der Waals surface area (Å²) in [4.78, 5) is 7.55. The molecule has 2 heterocycles. The van der Waals surface area contributed by atoms with Crippen LogP contribution in [0.3, 0.4) is 0 Å². The van der Waals surface area contributed by atoms with Crippen LogP contribution in [0.4, 0.5) is 4.39 Å². The van der Waals surface area contributed by atoms with Crippen molar-refractivity contribution in [3.05, 3.63) is 36.4 Å². The Kier molecular flexibility index (Phi) is 2.24. The SMILES string of the molecule is NCc1ncnc(-c2ccoc2)c1F. The molecule has 0 atom stereocenters. The van der Waals surface area contributed by atoms with Gasteiger partial charge in [0.1, 0.15) is 12.0 Å². The number of rotatable bonds is 2. The fourth-order valence-corrected chi connectivity index (χ4v) is 1.15. The number of nitrogens with zero attached hydrogens (tertiary/aromatic N) is 2. The Bertz CT molecular complexity index is 428. The Labute approximate surface area is 79.6 Å². The van der Waals surface area contributed by atoms with Gasteiger partial charge in [0, 0.05) is 12.1 Å². The lowest BCUT2D eigenvalue weighted by Crippen LogP contribution is -2.05. The molecule has 0 aliphatic carbocycles. The Morgan fingerprint density at radius 3 is 2.93 bits per heavy atom. The molecule has 0 saturated carbocycles. The van der Waals surface area contributed by atoms with Crippen LogP contribution in [0.1, 0.15) is 5.69 Å². The largest absolute Gasteiger partial charge is 0.472 e. The maximum Gasteiger partial charge on any atom is 0.172 e. The standard InChI is InChI=1S/C9H8FN3O/c10-8-7(3-11)12-5-13-9(8)6-1-2-14-4-6/h1-2,4-5H,3,11H2. The summed E-state index contributed by atoms with van der Waals surface area (Å²) in [5, 5.41) is 0. The van der Waals surface area contributed by atoms with E-state index >= 15 is 0 Å². The molecule has 2 N–H and O–H groups in total. The van der Waals surface area contributed by atoms with Gasteiger partial charge >= 0.3 is 0 Å². The fraction of sp³-hybridized carbons (Fsp3) is 0.111. The van der Waals surface area contributed by atoms with Gasteiger partial charge in [-0.3, -0.25) is 0 Å². The Hall–Kier alpha value is -1.75. The normalized spacial score (nSPS) is 10.4. The molecule has 0 unspecified atom stereocenters. The summed E-state index contributed by atoms with van der Waals surface area (Å²) in [6.07, 6.45) is 4.16. The lowest BCUT2D eigenvalue weighted by molar-refractivity contribution is 0.566. The molecule has 0 spiro atoms. The van der Waals surface area contributed by atoms with Gasteiger partial charge < -0.3 is 10.2 Å². The molecule has 0 aromatic carbocycles. The van der Waals surface area contributed by atoms with Crippen LogP contribution in [0.5, 0.6) is 0 Å². The van der Waals surface area contributed by atoms with Crippen LogP contribution in [0.25, 0.3) is 11.3 Å². The first-order valence-electron chi connectivity index (χ1n) is 4.05. The predicted octanol–water partition coefficient (Wildman–Crippen LogP) is 1.33. The number of halogens is 1. The van der Waals surface area contributed by atoms with E-state index < -0.39 is 5.82 Å². The molecule has 4 nitrogen and oxygen atoms in total. The van der Waals surface area contributed by atoms with Gasteiger partial charge in [-0.25, -0.2) is 14.4 Å². The highest BCUT2D eigenvalue weighted by Crippen LogP contribution is 2.21. The first-order chi connectivity index (χ1) is 6.83. The minimum Gasteiger partial charge on any atom is -0.472 e. The van der Waals surface area contributed by atoms with Gasteiger partial charge in [-0.05, 0) is 6.07 Å². The van der Waals surface area contributed by atoms with Crippen molar-refractivity contribution in [3.63, 3.8) is 0 Å². The Balaban J connectivity index is 2.54. The first kappa shape index (κ1) is 8.83. The first-order valence-corrected chi connectivity index (χ1v) is 4.05. The third-order valence-electron chi connectivity index (χ3n) is 1.85. The van der Waals surface area contributed by atoms with Crippen LogP contribution >= 0.6 is 0 Å². The number of hydrogen-bond donors (Lipinski definition) is 1. The molecule has 2 aromatic heterocycles. The van der Waals surface area contributed by atoms with E-state index in [2.05, 4.69) is 9.97 Å². The van der Waals surface area contributed by atoms with E-state index in [-0.39, 0.29) is 17.9 Å². The highest BCUT2D eigenvalue weighted by Gasteiger charge is 2.12. The molecule has 0 aliphatic rings. The fourth-order valence-electron chi connectivity index (χ4n) is 1.15. The Morgan fingerprint density at radius 2 is 2.29 bits per heavy atom. The molecule has 0 amide bonds. The molecular weight excluding hydrogens is 185 g/mol. The second-order valence-electron chi connectivity index (χ2n) is 2.70.